The average Bonchev–Trinajstić information content (AvgIpc) is 1.93. The fourth-order valence-electron chi connectivity index (χ4n) is 1.65. The molecule has 0 spiro atoms. The van der Waals surface area contributed by atoms with Crippen LogP contribution < -0.4 is 11.1 Å². The first-order valence-electron chi connectivity index (χ1n) is 5.14. The van der Waals surface area contributed by atoms with Gasteiger partial charge >= 0.3 is 0 Å². The standard InChI is InChI=1S/C10H22N2/c1-8(2)3-4-12-7-9-5-10(11)6-9/h8-10,12H,3-7,11H2,1-2H3. The highest BCUT2D eigenvalue weighted by atomic mass is 14.9. The molecule has 2 nitrogen and oxygen atoms in total. The molecule has 0 radical (unpaired) electrons. The van der Waals surface area contributed by atoms with E-state index in [1.165, 1.54) is 32.4 Å². The maximum absolute atomic E-state index is 5.69. The molecule has 1 fully saturated rings. The van der Waals surface area contributed by atoms with Crippen LogP contribution >= 0.6 is 0 Å². The monoisotopic (exact) mass is 170 g/mol. The summed E-state index contributed by atoms with van der Waals surface area (Å²) in [5, 5.41) is 3.48. The summed E-state index contributed by atoms with van der Waals surface area (Å²) in [7, 11) is 0. The van der Waals surface area contributed by atoms with Crippen molar-refractivity contribution < 1.29 is 0 Å². The highest BCUT2D eigenvalue weighted by molar-refractivity contribution is 4.83. The van der Waals surface area contributed by atoms with Gasteiger partial charge in [0.2, 0.25) is 0 Å². The molecule has 0 aromatic heterocycles. The Kier molecular flexibility index (Phi) is 4.02. The fraction of sp³-hybridized carbons (Fsp3) is 1.00. The summed E-state index contributed by atoms with van der Waals surface area (Å²) in [6.45, 7) is 6.88. The van der Waals surface area contributed by atoms with Crippen molar-refractivity contribution in [2.45, 2.75) is 39.2 Å². The van der Waals surface area contributed by atoms with Crippen LogP contribution in [-0.4, -0.2) is 19.1 Å². The molecular formula is C10H22N2. The van der Waals surface area contributed by atoms with Crippen molar-refractivity contribution in [2.24, 2.45) is 17.6 Å². The Morgan fingerprint density at radius 1 is 1.42 bits per heavy atom. The lowest BCUT2D eigenvalue weighted by Crippen LogP contribution is -2.41. The topological polar surface area (TPSA) is 38.0 Å². The third-order valence-corrected chi connectivity index (χ3v) is 2.60. The zero-order chi connectivity index (χ0) is 8.97. The Morgan fingerprint density at radius 3 is 2.58 bits per heavy atom. The predicted octanol–water partition coefficient (Wildman–Crippen LogP) is 1.36. The Hall–Kier alpha value is -0.0800. The van der Waals surface area contributed by atoms with Gasteiger partial charge in [0.25, 0.3) is 0 Å². The molecule has 2 heteroatoms. The van der Waals surface area contributed by atoms with Crippen LogP contribution in [0.3, 0.4) is 0 Å². The molecule has 1 saturated carbocycles. The summed E-state index contributed by atoms with van der Waals surface area (Å²) in [6, 6.07) is 0.502. The number of nitrogens with two attached hydrogens (primary N) is 1. The van der Waals surface area contributed by atoms with Gasteiger partial charge in [-0.3, -0.25) is 0 Å². The largest absolute Gasteiger partial charge is 0.328 e. The fourth-order valence-corrected chi connectivity index (χ4v) is 1.65. The molecule has 0 heterocycles. The normalized spacial score (nSPS) is 29.0. The van der Waals surface area contributed by atoms with Crippen LogP contribution in [-0.2, 0) is 0 Å². The summed E-state index contributed by atoms with van der Waals surface area (Å²) in [5.74, 6) is 1.69. The maximum Gasteiger partial charge on any atom is 0.00450 e. The third-order valence-electron chi connectivity index (χ3n) is 2.60. The van der Waals surface area contributed by atoms with Gasteiger partial charge < -0.3 is 11.1 Å². The zero-order valence-corrected chi connectivity index (χ0v) is 8.34. The molecule has 72 valence electrons. The van der Waals surface area contributed by atoms with Gasteiger partial charge in [-0.15, -0.1) is 0 Å². The minimum atomic E-state index is 0.502. The highest BCUT2D eigenvalue weighted by Crippen LogP contribution is 2.24. The van der Waals surface area contributed by atoms with E-state index in [9.17, 15) is 0 Å². The second-order valence-electron chi connectivity index (χ2n) is 4.48. The molecule has 0 unspecified atom stereocenters. The van der Waals surface area contributed by atoms with Gasteiger partial charge in [-0.2, -0.15) is 0 Å². The summed E-state index contributed by atoms with van der Waals surface area (Å²) >= 11 is 0. The maximum atomic E-state index is 5.69. The van der Waals surface area contributed by atoms with Crippen molar-refractivity contribution in [3.63, 3.8) is 0 Å². The van der Waals surface area contributed by atoms with Gasteiger partial charge in [-0.25, -0.2) is 0 Å². The number of rotatable bonds is 5. The minimum absolute atomic E-state index is 0.502. The van der Waals surface area contributed by atoms with Crippen LogP contribution in [0.25, 0.3) is 0 Å². The van der Waals surface area contributed by atoms with Crippen LogP contribution in [0.1, 0.15) is 33.1 Å². The third kappa shape index (κ3) is 3.55. The lowest BCUT2D eigenvalue weighted by molar-refractivity contribution is 0.255. The van der Waals surface area contributed by atoms with Crippen LogP contribution in [0, 0.1) is 11.8 Å². The molecule has 0 aromatic carbocycles. The van der Waals surface area contributed by atoms with E-state index in [1.54, 1.807) is 0 Å². The SMILES string of the molecule is CC(C)CCNCC1CC(N)C1. The Labute approximate surface area is 75.9 Å². The van der Waals surface area contributed by atoms with Crippen LogP contribution in [0.2, 0.25) is 0 Å². The van der Waals surface area contributed by atoms with E-state index in [1.807, 2.05) is 0 Å². The molecule has 0 bridgehead atoms. The van der Waals surface area contributed by atoms with E-state index in [2.05, 4.69) is 19.2 Å². The van der Waals surface area contributed by atoms with E-state index in [-0.39, 0.29) is 0 Å². The Balaban J connectivity index is 1.83. The molecule has 0 amide bonds. The summed E-state index contributed by atoms with van der Waals surface area (Å²) in [5.41, 5.74) is 5.69. The van der Waals surface area contributed by atoms with Gasteiger partial charge in [-0.05, 0) is 44.2 Å². The molecule has 1 aliphatic carbocycles. The molecule has 12 heavy (non-hydrogen) atoms. The van der Waals surface area contributed by atoms with Crippen LogP contribution in [0.5, 0.6) is 0 Å². The molecule has 3 N–H and O–H groups in total. The first-order chi connectivity index (χ1) is 5.68. The second kappa shape index (κ2) is 4.83. The van der Waals surface area contributed by atoms with Crippen molar-refractivity contribution in [3.05, 3.63) is 0 Å². The van der Waals surface area contributed by atoms with Crippen molar-refractivity contribution >= 4 is 0 Å². The number of nitrogens with one attached hydrogen (secondary N) is 1. The molecule has 0 atom stereocenters. The predicted molar refractivity (Wildman–Crippen MR) is 53.0 cm³/mol. The highest BCUT2D eigenvalue weighted by Gasteiger charge is 2.24. The van der Waals surface area contributed by atoms with E-state index < -0.39 is 0 Å². The van der Waals surface area contributed by atoms with E-state index in [0.29, 0.717) is 6.04 Å². The van der Waals surface area contributed by atoms with Gasteiger partial charge in [0.05, 0.1) is 0 Å². The molecule has 1 aliphatic rings. The lowest BCUT2D eigenvalue weighted by Gasteiger charge is -2.32. The van der Waals surface area contributed by atoms with Gasteiger partial charge in [0.15, 0.2) is 0 Å². The van der Waals surface area contributed by atoms with Crippen LogP contribution in [0.15, 0.2) is 0 Å². The Morgan fingerprint density at radius 2 is 2.08 bits per heavy atom. The van der Waals surface area contributed by atoms with Crippen molar-refractivity contribution in [1.29, 1.82) is 0 Å². The second-order valence-corrected chi connectivity index (χ2v) is 4.48. The van der Waals surface area contributed by atoms with Crippen molar-refractivity contribution in [2.75, 3.05) is 13.1 Å². The van der Waals surface area contributed by atoms with Gasteiger partial charge in [-0.1, -0.05) is 13.8 Å². The zero-order valence-electron chi connectivity index (χ0n) is 8.34. The van der Waals surface area contributed by atoms with Gasteiger partial charge in [0.1, 0.15) is 0 Å². The smallest absolute Gasteiger partial charge is 0.00450 e. The molecule has 0 saturated heterocycles. The van der Waals surface area contributed by atoms with Crippen molar-refractivity contribution in [1.82, 2.24) is 5.32 Å². The summed E-state index contributed by atoms with van der Waals surface area (Å²) in [4.78, 5) is 0. The molecular weight excluding hydrogens is 148 g/mol. The molecule has 0 aromatic rings. The minimum Gasteiger partial charge on any atom is -0.328 e. The van der Waals surface area contributed by atoms with Crippen molar-refractivity contribution in [3.8, 4) is 0 Å². The first kappa shape index (κ1) is 10.0. The quantitative estimate of drug-likeness (QED) is 0.611. The lowest BCUT2D eigenvalue weighted by atomic mass is 9.81. The summed E-state index contributed by atoms with van der Waals surface area (Å²) in [6.07, 6.45) is 3.75. The number of hydrogen-bond acceptors (Lipinski definition) is 2. The summed E-state index contributed by atoms with van der Waals surface area (Å²) < 4.78 is 0. The first-order valence-corrected chi connectivity index (χ1v) is 5.14. The van der Waals surface area contributed by atoms with Crippen LogP contribution in [0.4, 0.5) is 0 Å². The molecule has 0 aliphatic heterocycles. The number of hydrogen-bond donors (Lipinski definition) is 2. The van der Waals surface area contributed by atoms with E-state index >= 15 is 0 Å². The van der Waals surface area contributed by atoms with E-state index in [4.69, 9.17) is 5.73 Å². The van der Waals surface area contributed by atoms with Gasteiger partial charge in [0, 0.05) is 6.04 Å². The molecule has 1 rings (SSSR count). The van der Waals surface area contributed by atoms with E-state index in [0.717, 1.165) is 11.8 Å². The Bertz CT molecular complexity index is 117. The average molecular weight is 170 g/mol.